The Hall–Kier alpha value is -4.11. The first-order valence-corrected chi connectivity index (χ1v) is 13.2. The van der Waals surface area contributed by atoms with E-state index in [-0.39, 0.29) is 17.2 Å². The van der Waals surface area contributed by atoms with Crippen LogP contribution in [0.2, 0.25) is 0 Å². The van der Waals surface area contributed by atoms with Gasteiger partial charge in [0.05, 0.1) is 6.04 Å². The molecule has 3 heteroatoms. The van der Waals surface area contributed by atoms with E-state index in [1.165, 1.54) is 43.9 Å². The molecule has 4 aromatic carbocycles. The molecule has 0 bridgehead atoms. The number of nitrogens with one attached hydrogen (secondary N) is 1. The van der Waals surface area contributed by atoms with Crippen molar-refractivity contribution in [3.8, 4) is 0 Å². The zero-order chi connectivity index (χ0) is 25.1. The molecular formula is C34H30N2O. The first-order valence-electron chi connectivity index (χ1n) is 13.2. The molecule has 3 nitrogen and oxygen atoms in total. The fraction of sp³-hybridized carbons (Fsp3) is 0.206. The number of carbonyl (C=O) groups excluding carboxylic acids is 1. The predicted octanol–water partition coefficient (Wildman–Crippen LogP) is 8.15. The van der Waals surface area contributed by atoms with Gasteiger partial charge in [-0.15, -0.1) is 0 Å². The van der Waals surface area contributed by atoms with Crippen LogP contribution in [0.3, 0.4) is 0 Å². The molecule has 0 unspecified atom stereocenters. The number of hydrogen-bond donors (Lipinski definition) is 1. The van der Waals surface area contributed by atoms with Gasteiger partial charge in [-0.2, -0.15) is 0 Å². The van der Waals surface area contributed by atoms with E-state index in [0.717, 1.165) is 24.2 Å². The van der Waals surface area contributed by atoms with E-state index in [9.17, 15) is 4.79 Å². The van der Waals surface area contributed by atoms with E-state index in [1.807, 2.05) is 0 Å². The maximum Gasteiger partial charge on any atom is 0.162 e. The van der Waals surface area contributed by atoms with E-state index >= 15 is 0 Å². The van der Waals surface area contributed by atoms with Crippen LogP contribution in [-0.4, -0.2) is 10.4 Å². The molecule has 182 valence electrons. The van der Waals surface area contributed by atoms with E-state index in [1.54, 1.807) is 0 Å². The van der Waals surface area contributed by atoms with Crippen molar-refractivity contribution >= 4 is 38.7 Å². The van der Waals surface area contributed by atoms with Gasteiger partial charge >= 0.3 is 0 Å². The molecule has 1 N–H and O–H groups in total. The molecule has 0 radical (unpaired) electrons. The Bertz CT molecular complexity index is 1720. The van der Waals surface area contributed by atoms with Gasteiger partial charge in [0.2, 0.25) is 0 Å². The molecule has 0 saturated heterocycles. The predicted molar refractivity (Wildman–Crippen MR) is 153 cm³/mol. The summed E-state index contributed by atoms with van der Waals surface area (Å²) in [6.07, 6.45) is 3.74. The number of aromatic nitrogens is 1. The van der Waals surface area contributed by atoms with Crippen LogP contribution in [0.25, 0.3) is 27.2 Å². The second-order valence-corrected chi connectivity index (χ2v) is 11.3. The molecule has 1 aliphatic carbocycles. The number of benzene rings is 4. The summed E-state index contributed by atoms with van der Waals surface area (Å²) < 4.78 is 2.33. The number of Topliss-reactive ketones (excluding diaryl/α,β-unsaturated/α-hetero) is 1. The van der Waals surface area contributed by atoms with Crippen molar-refractivity contribution in [1.82, 2.24) is 4.57 Å². The number of ketones is 1. The lowest BCUT2D eigenvalue weighted by Gasteiger charge is -2.40. The molecule has 0 saturated carbocycles. The third-order valence-electron chi connectivity index (χ3n) is 8.07. The molecule has 37 heavy (non-hydrogen) atoms. The summed E-state index contributed by atoms with van der Waals surface area (Å²) in [5.41, 5.74) is 8.06. The summed E-state index contributed by atoms with van der Waals surface area (Å²) in [6.45, 7) is 5.24. The van der Waals surface area contributed by atoms with Gasteiger partial charge in [0.25, 0.3) is 0 Å². The fourth-order valence-electron chi connectivity index (χ4n) is 6.49. The average Bonchev–Trinajstić information content (AvgIpc) is 3.26. The standard InChI is InChI=1S/C34H30N2O/c1-34(2)18-26-31-24-13-7-6-12-23(24)16-17-28(31)35-33(32(26)30(37)19-34)27-21-36(20-22-10-4-3-5-11-22)29-15-9-8-14-25(27)29/h3-17,21,33,35H,18-20H2,1-2H3/t33-/m0/s1. The molecule has 2 heterocycles. The molecule has 5 aromatic rings. The van der Waals surface area contributed by atoms with Crippen molar-refractivity contribution in [1.29, 1.82) is 0 Å². The number of carbonyl (C=O) groups is 1. The summed E-state index contributed by atoms with van der Waals surface area (Å²) in [7, 11) is 0. The normalized spacial score (nSPS) is 18.5. The maximum atomic E-state index is 13.9. The van der Waals surface area contributed by atoms with E-state index in [0.29, 0.717) is 6.42 Å². The van der Waals surface area contributed by atoms with E-state index in [4.69, 9.17) is 0 Å². The molecule has 0 amide bonds. The fourth-order valence-corrected chi connectivity index (χ4v) is 6.49. The zero-order valence-electron chi connectivity index (χ0n) is 21.3. The number of nitrogens with zero attached hydrogens (tertiary/aromatic N) is 1. The summed E-state index contributed by atoms with van der Waals surface area (Å²) in [5, 5.41) is 7.47. The zero-order valence-corrected chi connectivity index (χ0v) is 21.3. The Morgan fingerprint density at radius 1 is 0.838 bits per heavy atom. The smallest absolute Gasteiger partial charge is 0.162 e. The summed E-state index contributed by atoms with van der Waals surface area (Å²) >= 11 is 0. The van der Waals surface area contributed by atoms with Crippen LogP contribution in [0.1, 0.15) is 49.4 Å². The lowest BCUT2D eigenvalue weighted by Crippen LogP contribution is -2.33. The molecule has 7 rings (SSSR count). The van der Waals surface area contributed by atoms with Crippen LogP contribution in [0.5, 0.6) is 0 Å². The second-order valence-electron chi connectivity index (χ2n) is 11.3. The van der Waals surface area contributed by atoms with Gasteiger partial charge in [0, 0.05) is 52.5 Å². The minimum atomic E-state index is -0.172. The summed E-state index contributed by atoms with van der Waals surface area (Å²) in [6, 6.07) is 31.9. The summed E-state index contributed by atoms with van der Waals surface area (Å²) in [4.78, 5) is 13.9. The van der Waals surface area contributed by atoms with Crippen molar-refractivity contribution in [2.45, 2.75) is 39.3 Å². The Balaban J connectivity index is 1.45. The Kier molecular flexibility index (Phi) is 4.91. The van der Waals surface area contributed by atoms with Crippen molar-refractivity contribution in [2.24, 2.45) is 5.41 Å². The highest BCUT2D eigenvalue weighted by atomic mass is 16.1. The maximum absolute atomic E-state index is 13.9. The van der Waals surface area contributed by atoms with Crippen LogP contribution in [0.4, 0.5) is 5.69 Å². The van der Waals surface area contributed by atoms with Gasteiger partial charge in [0.15, 0.2) is 5.78 Å². The van der Waals surface area contributed by atoms with E-state index < -0.39 is 0 Å². The van der Waals surface area contributed by atoms with Gasteiger partial charge in [0.1, 0.15) is 0 Å². The number of hydrogen-bond acceptors (Lipinski definition) is 2. The molecule has 2 aliphatic rings. The van der Waals surface area contributed by atoms with Gasteiger partial charge < -0.3 is 9.88 Å². The molecule has 0 spiro atoms. The van der Waals surface area contributed by atoms with Crippen molar-refractivity contribution in [3.05, 3.63) is 119 Å². The SMILES string of the molecule is CC1(C)CC(=O)C2=C(C1)c1c(ccc3ccccc13)N[C@H]2c1cn(Cc2ccccc2)c2ccccc12. The third kappa shape index (κ3) is 3.61. The van der Waals surface area contributed by atoms with Crippen molar-refractivity contribution in [2.75, 3.05) is 5.32 Å². The molecule has 0 fully saturated rings. The minimum Gasteiger partial charge on any atom is -0.373 e. The Labute approximate surface area is 217 Å². The number of anilines is 1. The topological polar surface area (TPSA) is 34.0 Å². The number of allylic oxidation sites excluding steroid dienone is 1. The summed E-state index contributed by atoms with van der Waals surface area (Å²) in [5.74, 6) is 0.266. The average molecular weight is 483 g/mol. The highest BCUT2D eigenvalue weighted by Crippen LogP contribution is 2.52. The lowest BCUT2D eigenvalue weighted by atomic mass is 9.68. The number of rotatable bonds is 3. The number of para-hydroxylation sites is 1. The Morgan fingerprint density at radius 2 is 1.57 bits per heavy atom. The monoisotopic (exact) mass is 482 g/mol. The van der Waals surface area contributed by atoms with Crippen LogP contribution in [0, 0.1) is 5.41 Å². The highest BCUT2D eigenvalue weighted by Gasteiger charge is 2.41. The lowest BCUT2D eigenvalue weighted by molar-refractivity contribution is -0.118. The Morgan fingerprint density at radius 3 is 2.41 bits per heavy atom. The molecule has 1 aliphatic heterocycles. The second kappa shape index (κ2) is 8.21. The van der Waals surface area contributed by atoms with E-state index in [2.05, 4.69) is 121 Å². The van der Waals surface area contributed by atoms with Gasteiger partial charge in [-0.1, -0.05) is 92.7 Å². The van der Waals surface area contributed by atoms with Gasteiger partial charge in [-0.05, 0) is 45.9 Å². The van der Waals surface area contributed by atoms with Crippen molar-refractivity contribution < 1.29 is 4.79 Å². The van der Waals surface area contributed by atoms with Crippen LogP contribution >= 0.6 is 0 Å². The first-order chi connectivity index (χ1) is 18.0. The van der Waals surface area contributed by atoms with Crippen molar-refractivity contribution in [3.63, 3.8) is 0 Å². The van der Waals surface area contributed by atoms with Crippen LogP contribution < -0.4 is 5.32 Å². The van der Waals surface area contributed by atoms with Gasteiger partial charge in [-0.3, -0.25) is 4.79 Å². The van der Waals surface area contributed by atoms with Crippen LogP contribution in [-0.2, 0) is 11.3 Å². The van der Waals surface area contributed by atoms with Crippen LogP contribution in [0.15, 0.2) is 103 Å². The minimum absolute atomic E-state index is 0.0622. The largest absolute Gasteiger partial charge is 0.373 e. The quantitative estimate of drug-likeness (QED) is 0.281. The first kappa shape index (κ1) is 22.1. The molecular weight excluding hydrogens is 452 g/mol. The van der Waals surface area contributed by atoms with Gasteiger partial charge in [-0.25, -0.2) is 0 Å². The molecule has 1 atom stereocenters. The molecule has 1 aromatic heterocycles. The third-order valence-corrected chi connectivity index (χ3v) is 8.07. The highest BCUT2D eigenvalue weighted by molar-refractivity contribution is 6.13. The number of fused-ring (bicyclic) bond motifs is 5.